The van der Waals surface area contributed by atoms with E-state index in [9.17, 15) is 9.90 Å². The van der Waals surface area contributed by atoms with E-state index in [1.54, 1.807) is 12.0 Å². The number of hydrogen-bond acceptors (Lipinski definition) is 4. The predicted molar refractivity (Wildman–Crippen MR) is 122 cm³/mol. The van der Waals surface area contributed by atoms with Gasteiger partial charge in [0.1, 0.15) is 5.75 Å². The molecule has 5 nitrogen and oxygen atoms in total. The number of nitrogens with zero attached hydrogens (tertiary/aromatic N) is 2. The van der Waals surface area contributed by atoms with Gasteiger partial charge in [0.05, 0.1) is 19.8 Å². The fourth-order valence-corrected chi connectivity index (χ4v) is 3.43. The quantitative estimate of drug-likeness (QED) is 0.582. The SMILES string of the molecule is CCC(O)CN(CC(=O)N(C)Cc1ccc2cc(OC)ccc2c1)c1ccccc1. The molecule has 3 aromatic rings. The first-order chi connectivity index (χ1) is 14.5. The van der Waals surface area contributed by atoms with Gasteiger partial charge in [0.2, 0.25) is 5.91 Å². The number of aliphatic hydroxyl groups is 1. The second-order valence-electron chi connectivity index (χ2n) is 7.58. The summed E-state index contributed by atoms with van der Waals surface area (Å²) >= 11 is 0. The van der Waals surface area contributed by atoms with Gasteiger partial charge in [0, 0.05) is 25.8 Å². The molecule has 0 aliphatic heterocycles. The summed E-state index contributed by atoms with van der Waals surface area (Å²) < 4.78 is 5.28. The molecule has 0 radical (unpaired) electrons. The summed E-state index contributed by atoms with van der Waals surface area (Å²) in [6.07, 6.45) is 0.177. The minimum Gasteiger partial charge on any atom is -0.497 e. The molecule has 158 valence electrons. The van der Waals surface area contributed by atoms with E-state index in [1.165, 1.54) is 0 Å². The van der Waals surface area contributed by atoms with Gasteiger partial charge in [0.15, 0.2) is 0 Å². The van der Waals surface area contributed by atoms with Gasteiger partial charge in [-0.1, -0.05) is 43.3 Å². The number of para-hydroxylation sites is 1. The highest BCUT2D eigenvalue weighted by Gasteiger charge is 2.18. The lowest BCUT2D eigenvalue weighted by molar-refractivity contribution is -0.129. The highest BCUT2D eigenvalue weighted by molar-refractivity contribution is 5.85. The summed E-state index contributed by atoms with van der Waals surface area (Å²) in [6.45, 7) is 3.12. The molecule has 3 rings (SSSR count). The summed E-state index contributed by atoms with van der Waals surface area (Å²) in [6, 6.07) is 21.9. The van der Waals surface area contributed by atoms with E-state index in [0.29, 0.717) is 19.5 Å². The molecule has 1 atom stereocenters. The molecule has 0 saturated carbocycles. The number of anilines is 1. The zero-order valence-corrected chi connectivity index (χ0v) is 17.9. The maximum Gasteiger partial charge on any atom is 0.242 e. The average Bonchev–Trinajstić information content (AvgIpc) is 2.78. The standard InChI is InChI=1S/C25H30N2O3/c1-4-23(28)17-27(22-8-6-5-7-9-22)18-25(29)26(2)16-19-10-11-21-15-24(30-3)13-12-20(21)14-19/h5-15,23,28H,4,16-18H2,1-3H3. The molecule has 3 aromatic carbocycles. The Balaban J connectivity index is 1.69. The summed E-state index contributed by atoms with van der Waals surface area (Å²) in [5, 5.41) is 12.4. The number of carbonyl (C=O) groups excluding carboxylic acids is 1. The largest absolute Gasteiger partial charge is 0.497 e. The van der Waals surface area contributed by atoms with Crippen LogP contribution in [-0.2, 0) is 11.3 Å². The van der Waals surface area contributed by atoms with Crippen molar-refractivity contribution in [3.8, 4) is 5.75 Å². The molecule has 1 amide bonds. The van der Waals surface area contributed by atoms with Gasteiger partial charge in [-0.25, -0.2) is 0 Å². The first kappa shape index (κ1) is 21.7. The molecular formula is C25H30N2O3. The Morgan fingerprint density at radius 3 is 2.43 bits per heavy atom. The van der Waals surface area contributed by atoms with Crippen LogP contribution in [0.2, 0.25) is 0 Å². The van der Waals surface area contributed by atoms with Crippen LogP contribution < -0.4 is 9.64 Å². The summed E-state index contributed by atoms with van der Waals surface area (Å²) in [5.41, 5.74) is 2.01. The molecule has 0 aromatic heterocycles. The van der Waals surface area contributed by atoms with E-state index in [2.05, 4.69) is 12.1 Å². The van der Waals surface area contributed by atoms with Crippen molar-refractivity contribution in [2.24, 2.45) is 0 Å². The molecule has 0 saturated heterocycles. The van der Waals surface area contributed by atoms with Crippen molar-refractivity contribution >= 4 is 22.4 Å². The number of amides is 1. The van der Waals surface area contributed by atoms with Crippen molar-refractivity contribution in [3.05, 3.63) is 72.3 Å². The number of likely N-dealkylation sites (N-methyl/N-ethyl adjacent to an activating group) is 1. The van der Waals surface area contributed by atoms with Gasteiger partial charge in [-0.05, 0) is 53.1 Å². The van der Waals surface area contributed by atoms with Gasteiger partial charge in [-0.3, -0.25) is 4.79 Å². The van der Waals surface area contributed by atoms with Crippen molar-refractivity contribution in [2.45, 2.75) is 26.0 Å². The Kier molecular flexibility index (Phi) is 7.31. The van der Waals surface area contributed by atoms with Gasteiger partial charge >= 0.3 is 0 Å². The normalized spacial score (nSPS) is 11.9. The van der Waals surface area contributed by atoms with E-state index in [-0.39, 0.29) is 12.5 Å². The molecule has 0 fully saturated rings. The van der Waals surface area contributed by atoms with E-state index in [4.69, 9.17) is 4.74 Å². The van der Waals surface area contributed by atoms with Crippen molar-refractivity contribution in [2.75, 3.05) is 32.1 Å². The zero-order valence-electron chi connectivity index (χ0n) is 17.9. The lowest BCUT2D eigenvalue weighted by atomic mass is 10.1. The third kappa shape index (κ3) is 5.51. The Morgan fingerprint density at radius 2 is 1.73 bits per heavy atom. The highest BCUT2D eigenvalue weighted by atomic mass is 16.5. The lowest BCUT2D eigenvalue weighted by Crippen LogP contribution is -2.41. The number of aliphatic hydroxyl groups excluding tert-OH is 1. The van der Waals surface area contributed by atoms with Crippen LogP contribution in [0.25, 0.3) is 10.8 Å². The van der Waals surface area contributed by atoms with Crippen LogP contribution >= 0.6 is 0 Å². The van der Waals surface area contributed by atoms with Crippen LogP contribution in [0.1, 0.15) is 18.9 Å². The van der Waals surface area contributed by atoms with E-state index in [0.717, 1.165) is 27.8 Å². The summed E-state index contributed by atoms with van der Waals surface area (Å²) in [4.78, 5) is 16.6. The number of benzene rings is 3. The lowest BCUT2D eigenvalue weighted by Gasteiger charge is -2.28. The van der Waals surface area contributed by atoms with E-state index < -0.39 is 6.10 Å². The topological polar surface area (TPSA) is 53.0 Å². The Hall–Kier alpha value is -3.05. The number of rotatable bonds is 9. The number of ether oxygens (including phenoxy) is 1. The second kappa shape index (κ2) is 10.1. The smallest absolute Gasteiger partial charge is 0.242 e. The van der Waals surface area contributed by atoms with Crippen molar-refractivity contribution < 1.29 is 14.6 Å². The minimum absolute atomic E-state index is 0.0111. The summed E-state index contributed by atoms with van der Waals surface area (Å²) in [7, 11) is 3.48. The number of carbonyl (C=O) groups is 1. The maximum absolute atomic E-state index is 12.9. The first-order valence-corrected chi connectivity index (χ1v) is 10.3. The van der Waals surface area contributed by atoms with Crippen LogP contribution in [0.5, 0.6) is 5.75 Å². The van der Waals surface area contributed by atoms with Crippen molar-refractivity contribution in [1.29, 1.82) is 0 Å². The van der Waals surface area contributed by atoms with Crippen LogP contribution in [-0.4, -0.2) is 49.3 Å². The van der Waals surface area contributed by atoms with E-state index in [1.807, 2.05) is 73.5 Å². The first-order valence-electron chi connectivity index (χ1n) is 10.3. The van der Waals surface area contributed by atoms with E-state index >= 15 is 0 Å². The molecule has 1 N–H and O–H groups in total. The van der Waals surface area contributed by atoms with Crippen LogP contribution in [0.15, 0.2) is 66.7 Å². The average molecular weight is 407 g/mol. The Morgan fingerprint density at radius 1 is 1.03 bits per heavy atom. The third-order valence-corrected chi connectivity index (χ3v) is 5.31. The van der Waals surface area contributed by atoms with Crippen molar-refractivity contribution in [3.63, 3.8) is 0 Å². The van der Waals surface area contributed by atoms with Crippen LogP contribution in [0.3, 0.4) is 0 Å². The van der Waals surface area contributed by atoms with Gasteiger partial charge in [0.25, 0.3) is 0 Å². The third-order valence-electron chi connectivity index (χ3n) is 5.31. The second-order valence-corrected chi connectivity index (χ2v) is 7.58. The predicted octanol–water partition coefficient (Wildman–Crippen LogP) is 4.08. The van der Waals surface area contributed by atoms with Crippen LogP contribution in [0.4, 0.5) is 5.69 Å². The Bertz CT molecular complexity index is 975. The molecule has 0 spiro atoms. The Labute approximate surface area is 178 Å². The number of methoxy groups -OCH3 is 1. The van der Waals surface area contributed by atoms with Crippen LogP contribution in [0, 0.1) is 0 Å². The molecule has 30 heavy (non-hydrogen) atoms. The van der Waals surface area contributed by atoms with Gasteiger partial charge in [-0.2, -0.15) is 0 Å². The maximum atomic E-state index is 12.9. The molecule has 0 bridgehead atoms. The minimum atomic E-state index is -0.471. The van der Waals surface area contributed by atoms with Gasteiger partial charge in [-0.15, -0.1) is 0 Å². The number of hydrogen-bond donors (Lipinski definition) is 1. The molecule has 0 aliphatic rings. The molecule has 0 heterocycles. The van der Waals surface area contributed by atoms with Crippen molar-refractivity contribution in [1.82, 2.24) is 4.90 Å². The zero-order chi connectivity index (χ0) is 21.5. The summed E-state index contributed by atoms with van der Waals surface area (Å²) in [5.74, 6) is 0.842. The van der Waals surface area contributed by atoms with Gasteiger partial charge < -0.3 is 19.6 Å². The fraction of sp³-hybridized carbons (Fsp3) is 0.320. The highest BCUT2D eigenvalue weighted by Crippen LogP contribution is 2.22. The molecule has 1 unspecified atom stereocenters. The molecule has 5 heteroatoms. The fourth-order valence-electron chi connectivity index (χ4n) is 3.43. The number of fused-ring (bicyclic) bond motifs is 1. The monoisotopic (exact) mass is 406 g/mol. The molecular weight excluding hydrogens is 376 g/mol. The molecule has 0 aliphatic carbocycles.